The highest BCUT2D eigenvalue weighted by atomic mass is 35.5. The van der Waals surface area contributed by atoms with E-state index in [0.717, 1.165) is 12.0 Å². The van der Waals surface area contributed by atoms with E-state index >= 15 is 0 Å². The number of methoxy groups -OCH3 is 1. The summed E-state index contributed by atoms with van der Waals surface area (Å²) in [6, 6.07) is 8.74. The van der Waals surface area contributed by atoms with Crippen LogP contribution >= 0.6 is 11.6 Å². The smallest absolute Gasteiger partial charge is 0.251 e. The Hall–Kier alpha value is -2.60. The summed E-state index contributed by atoms with van der Waals surface area (Å²) in [5.41, 5.74) is 1.31. The average molecular weight is 378 g/mol. The maximum absolute atomic E-state index is 12.5. The zero-order valence-corrected chi connectivity index (χ0v) is 15.4. The van der Waals surface area contributed by atoms with Gasteiger partial charge in [-0.25, -0.2) is 0 Å². The maximum Gasteiger partial charge on any atom is 0.251 e. The SMILES string of the molecule is CCCOc1c(Cl)cc(C(=O)NCc2ccc3c(c2)OCO3)cc1OC. The third-order valence-electron chi connectivity index (χ3n) is 3.83. The van der Waals surface area contributed by atoms with E-state index in [2.05, 4.69) is 5.32 Å². The van der Waals surface area contributed by atoms with Crippen LogP contribution in [0.1, 0.15) is 29.3 Å². The molecular formula is C19H20ClNO5. The topological polar surface area (TPSA) is 66.0 Å². The fraction of sp³-hybridized carbons (Fsp3) is 0.316. The average Bonchev–Trinajstić information content (AvgIpc) is 3.12. The largest absolute Gasteiger partial charge is 0.493 e. The fourth-order valence-corrected chi connectivity index (χ4v) is 2.80. The monoisotopic (exact) mass is 377 g/mol. The highest BCUT2D eigenvalue weighted by Crippen LogP contribution is 2.36. The van der Waals surface area contributed by atoms with Gasteiger partial charge in [-0.3, -0.25) is 4.79 Å². The minimum Gasteiger partial charge on any atom is -0.493 e. The van der Waals surface area contributed by atoms with E-state index in [1.807, 2.05) is 25.1 Å². The van der Waals surface area contributed by atoms with Gasteiger partial charge >= 0.3 is 0 Å². The maximum atomic E-state index is 12.5. The van der Waals surface area contributed by atoms with Crippen LogP contribution in [0, 0.1) is 0 Å². The highest BCUT2D eigenvalue weighted by Gasteiger charge is 2.17. The van der Waals surface area contributed by atoms with Gasteiger partial charge in [0, 0.05) is 12.1 Å². The van der Waals surface area contributed by atoms with E-state index in [1.165, 1.54) is 7.11 Å². The predicted octanol–water partition coefficient (Wildman–Crippen LogP) is 3.80. The molecule has 1 N–H and O–H groups in total. The molecule has 1 amide bonds. The first-order valence-electron chi connectivity index (χ1n) is 8.29. The molecule has 0 saturated heterocycles. The number of ether oxygens (including phenoxy) is 4. The molecule has 0 spiro atoms. The van der Waals surface area contributed by atoms with Crippen molar-refractivity contribution < 1.29 is 23.7 Å². The van der Waals surface area contributed by atoms with Crippen molar-refractivity contribution in [3.8, 4) is 23.0 Å². The molecule has 3 rings (SSSR count). The van der Waals surface area contributed by atoms with Crippen LogP contribution in [0.25, 0.3) is 0 Å². The van der Waals surface area contributed by atoms with Gasteiger partial charge < -0.3 is 24.3 Å². The van der Waals surface area contributed by atoms with Gasteiger partial charge in [-0.15, -0.1) is 0 Å². The molecule has 0 aliphatic carbocycles. The third kappa shape index (κ3) is 3.96. The zero-order chi connectivity index (χ0) is 18.5. The first-order chi connectivity index (χ1) is 12.6. The van der Waals surface area contributed by atoms with Crippen LogP contribution < -0.4 is 24.3 Å². The highest BCUT2D eigenvalue weighted by molar-refractivity contribution is 6.32. The number of rotatable bonds is 7. The van der Waals surface area contributed by atoms with Gasteiger partial charge in [-0.05, 0) is 36.2 Å². The Balaban J connectivity index is 1.70. The summed E-state index contributed by atoms with van der Waals surface area (Å²) in [4.78, 5) is 12.5. The van der Waals surface area contributed by atoms with Crippen molar-refractivity contribution in [3.05, 3.63) is 46.5 Å². The summed E-state index contributed by atoms with van der Waals surface area (Å²) < 4.78 is 21.5. The lowest BCUT2D eigenvalue weighted by Gasteiger charge is -2.14. The second kappa shape index (κ2) is 8.19. The van der Waals surface area contributed by atoms with Crippen molar-refractivity contribution in [2.45, 2.75) is 19.9 Å². The Morgan fingerprint density at radius 3 is 2.81 bits per heavy atom. The Bertz CT molecular complexity index is 809. The lowest BCUT2D eigenvalue weighted by molar-refractivity contribution is 0.0950. The molecule has 0 radical (unpaired) electrons. The van der Waals surface area contributed by atoms with E-state index in [1.54, 1.807) is 12.1 Å². The van der Waals surface area contributed by atoms with Gasteiger partial charge in [0.05, 0.1) is 18.7 Å². The second-order valence-electron chi connectivity index (χ2n) is 5.71. The van der Waals surface area contributed by atoms with Crippen molar-refractivity contribution in [2.75, 3.05) is 20.5 Å². The summed E-state index contributed by atoms with van der Waals surface area (Å²) in [5.74, 6) is 2.01. The molecule has 6 nitrogen and oxygen atoms in total. The molecule has 0 bridgehead atoms. The number of fused-ring (bicyclic) bond motifs is 1. The second-order valence-corrected chi connectivity index (χ2v) is 6.12. The summed E-state index contributed by atoms with van der Waals surface area (Å²) in [7, 11) is 1.51. The van der Waals surface area contributed by atoms with Gasteiger partial charge in [0.25, 0.3) is 5.91 Å². The lowest BCUT2D eigenvalue weighted by atomic mass is 10.1. The Kier molecular flexibility index (Phi) is 5.73. The first-order valence-corrected chi connectivity index (χ1v) is 8.67. The van der Waals surface area contributed by atoms with Crippen LogP contribution in [0.4, 0.5) is 0 Å². The molecule has 0 unspecified atom stereocenters. The molecule has 2 aromatic carbocycles. The van der Waals surface area contributed by atoms with Crippen LogP contribution in [-0.4, -0.2) is 26.4 Å². The predicted molar refractivity (Wildman–Crippen MR) is 97.5 cm³/mol. The van der Waals surface area contributed by atoms with Crippen LogP contribution in [0.3, 0.4) is 0 Å². The van der Waals surface area contributed by atoms with Crippen LogP contribution in [0.2, 0.25) is 5.02 Å². The van der Waals surface area contributed by atoms with Gasteiger partial charge in [0.2, 0.25) is 6.79 Å². The van der Waals surface area contributed by atoms with Crippen molar-refractivity contribution in [1.82, 2.24) is 5.32 Å². The summed E-state index contributed by atoms with van der Waals surface area (Å²) in [6.07, 6.45) is 0.844. The minimum atomic E-state index is -0.259. The summed E-state index contributed by atoms with van der Waals surface area (Å²) in [6.45, 7) is 3.09. The fourth-order valence-electron chi connectivity index (χ4n) is 2.53. The van der Waals surface area contributed by atoms with Crippen LogP contribution in [0.5, 0.6) is 23.0 Å². The molecule has 1 heterocycles. The zero-order valence-electron chi connectivity index (χ0n) is 14.6. The molecule has 0 fully saturated rings. The molecule has 1 aliphatic rings. The molecule has 1 aliphatic heterocycles. The lowest BCUT2D eigenvalue weighted by Crippen LogP contribution is -2.22. The van der Waals surface area contributed by atoms with Crippen molar-refractivity contribution in [2.24, 2.45) is 0 Å². The molecule has 0 atom stereocenters. The van der Waals surface area contributed by atoms with Crippen molar-refractivity contribution in [1.29, 1.82) is 0 Å². The molecule has 138 valence electrons. The van der Waals surface area contributed by atoms with Crippen molar-refractivity contribution in [3.63, 3.8) is 0 Å². The molecule has 7 heteroatoms. The van der Waals surface area contributed by atoms with E-state index in [-0.39, 0.29) is 12.7 Å². The Morgan fingerprint density at radius 2 is 2.04 bits per heavy atom. The quantitative estimate of drug-likeness (QED) is 0.795. The van der Waals surface area contributed by atoms with Gasteiger partial charge in [-0.2, -0.15) is 0 Å². The van der Waals surface area contributed by atoms with E-state index in [9.17, 15) is 4.79 Å². The number of nitrogens with one attached hydrogen (secondary N) is 1. The Labute approximate surface area is 157 Å². The first kappa shape index (κ1) is 18.2. The van der Waals surface area contributed by atoms with Crippen molar-refractivity contribution >= 4 is 17.5 Å². The molecule has 2 aromatic rings. The summed E-state index contributed by atoms with van der Waals surface area (Å²) >= 11 is 6.26. The number of amides is 1. The minimum absolute atomic E-state index is 0.218. The molecular weight excluding hydrogens is 358 g/mol. The molecule has 26 heavy (non-hydrogen) atoms. The number of hydrogen-bond acceptors (Lipinski definition) is 5. The van der Waals surface area contributed by atoms with Crippen LogP contribution in [-0.2, 0) is 6.54 Å². The van der Waals surface area contributed by atoms with E-state index in [0.29, 0.717) is 46.7 Å². The molecule has 0 saturated carbocycles. The number of hydrogen-bond donors (Lipinski definition) is 1. The summed E-state index contributed by atoms with van der Waals surface area (Å²) in [5, 5.41) is 3.20. The number of halogens is 1. The van der Waals surface area contributed by atoms with Gasteiger partial charge in [0.15, 0.2) is 23.0 Å². The van der Waals surface area contributed by atoms with Crippen LogP contribution in [0.15, 0.2) is 30.3 Å². The number of carbonyl (C=O) groups is 1. The van der Waals surface area contributed by atoms with Gasteiger partial charge in [-0.1, -0.05) is 24.6 Å². The number of benzene rings is 2. The molecule has 0 aromatic heterocycles. The Morgan fingerprint density at radius 1 is 1.23 bits per heavy atom. The number of carbonyl (C=O) groups excluding carboxylic acids is 1. The normalized spacial score (nSPS) is 12.0. The van der Waals surface area contributed by atoms with E-state index < -0.39 is 0 Å². The van der Waals surface area contributed by atoms with E-state index in [4.69, 9.17) is 30.5 Å². The standard InChI is InChI=1S/C19H20ClNO5/c1-3-6-24-18-14(20)8-13(9-17(18)23-2)19(22)21-10-12-4-5-15-16(7-12)26-11-25-15/h4-5,7-9H,3,6,10-11H2,1-2H3,(H,21,22). The van der Waals surface area contributed by atoms with Gasteiger partial charge in [0.1, 0.15) is 0 Å². The third-order valence-corrected chi connectivity index (χ3v) is 4.11.